The first-order chi connectivity index (χ1) is 22.7. The molecule has 4 atom stereocenters. The molecule has 1 aliphatic rings. The molecule has 1 fully saturated rings. The first-order valence-corrected chi connectivity index (χ1v) is 16.9. The quantitative estimate of drug-likeness (QED) is 0.109. The van der Waals surface area contributed by atoms with Crippen LogP contribution in [0, 0.1) is 0 Å². The zero-order valence-corrected chi connectivity index (χ0v) is 27.3. The van der Waals surface area contributed by atoms with Crippen LogP contribution in [0.1, 0.15) is 17.4 Å². The molecular weight excluding hydrogens is 693 g/mol. The van der Waals surface area contributed by atoms with Gasteiger partial charge in [-0.15, -0.1) is 0 Å². The van der Waals surface area contributed by atoms with Crippen LogP contribution in [-0.2, 0) is 41.1 Å². The highest BCUT2D eigenvalue weighted by atomic mass is 79.9. The number of aromatic nitrogens is 3. The van der Waals surface area contributed by atoms with Crippen molar-refractivity contribution in [1.82, 2.24) is 19.6 Å². The molecule has 13 nitrogen and oxygen atoms in total. The van der Waals surface area contributed by atoms with E-state index < -0.39 is 38.0 Å². The van der Waals surface area contributed by atoms with Crippen LogP contribution >= 0.6 is 23.7 Å². The van der Waals surface area contributed by atoms with E-state index in [0.29, 0.717) is 0 Å². The monoisotopic (exact) mass is 723 g/mol. The van der Waals surface area contributed by atoms with Gasteiger partial charge in [-0.3, -0.25) is 13.9 Å². The summed E-state index contributed by atoms with van der Waals surface area (Å²) in [5, 5.41) is 3.73. The maximum atomic E-state index is 14.5. The lowest BCUT2D eigenvalue weighted by molar-refractivity contribution is -0.147. The van der Waals surface area contributed by atoms with Crippen molar-refractivity contribution in [2.24, 2.45) is 0 Å². The Morgan fingerprint density at radius 3 is 2.66 bits per heavy atom. The molecule has 244 valence electrons. The van der Waals surface area contributed by atoms with Crippen molar-refractivity contribution in [2.75, 3.05) is 18.9 Å². The number of ether oxygens (including phenoxy) is 3. The number of rotatable bonds is 13. The number of hydrogen-bond acceptors (Lipinski definition) is 10. The molecule has 3 aromatic carbocycles. The maximum absolute atomic E-state index is 14.5. The van der Waals surface area contributed by atoms with E-state index in [1.807, 2.05) is 54.6 Å². The van der Waals surface area contributed by atoms with Crippen LogP contribution in [0.4, 0.5) is 5.82 Å². The first kappa shape index (κ1) is 32.6. The van der Waals surface area contributed by atoms with Crippen LogP contribution < -0.4 is 21.0 Å². The minimum atomic E-state index is -4.33. The molecule has 0 amide bonds. The van der Waals surface area contributed by atoms with Gasteiger partial charge in [-0.05, 0) is 47.5 Å². The summed E-state index contributed by atoms with van der Waals surface area (Å²) in [7, 11) is -4.33. The lowest BCUT2D eigenvalue weighted by atomic mass is 10.1. The molecule has 0 saturated carbocycles. The fourth-order valence-corrected chi connectivity index (χ4v) is 6.67. The van der Waals surface area contributed by atoms with E-state index in [1.54, 1.807) is 30.5 Å². The summed E-state index contributed by atoms with van der Waals surface area (Å²) < 4.78 is 45.4. The molecule has 0 aliphatic carbocycles. The highest BCUT2D eigenvalue weighted by Crippen LogP contribution is 2.46. The van der Waals surface area contributed by atoms with E-state index in [1.165, 1.54) is 16.8 Å². The summed E-state index contributed by atoms with van der Waals surface area (Å²) in [5.74, 6) is -0.365. The number of benzene rings is 3. The molecule has 47 heavy (non-hydrogen) atoms. The van der Waals surface area contributed by atoms with Gasteiger partial charge >= 0.3 is 19.4 Å². The second kappa shape index (κ2) is 14.6. The predicted octanol–water partition coefficient (Wildman–Crippen LogP) is 5.09. The third-order valence-corrected chi connectivity index (χ3v) is 9.33. The molecule has 15 heteroatoms. The number of aromatic amines is 1. The number of halogens is 1. The van der Waals surface area contributed by atoms with Gasteiger partial charge in [0.15, 0.2) is 12.5 Å². The van der Waals surface area contributed by atoms with Crippen molar-refractivity contribution >= 4 is 46.4 Å². The molecule has 1 unspecified atom stereocenters. The van der Waals surface area contributed by atoms with E-state index in [2.05, 4.69) is 31.0 Å². The zero-order valence-electron chi connectivity index (χ0n) is 24.9. The summed E-state index contributed by atoms with van der Waals surface area (Å²) in [6.07, 6.45) is 1.50. The number of nitrogens with one attached hydrogen (secondary N) is 2. The van der Waals surface area contributed by atoms with Crippen LogP contribution in [-0.4, -0.2) is 46.0 Å². The topological polar surface area (TPSA) is 169 Å². The van der Waals surface area contributed by atoms with Gasteiger partial charge in [0, 0.05) is 34.2 Å². The van der Waals surface area contributed by atoms with Crippen LogP contribution in [0.3, 0.4) is 0 Å². The summed E-state index contributed by atoms with van der Waals surface area (Å²) in [5.41, 5.74) is 7.44. The van der Waals surface area contributed by atoms with E-state index in [9.17, 15) is 14.2 Å². The number of hydrogen-bond donors (Lipinski definition) is 3. The van der Waals surface area contributed by atoms with E-state index in [-0.39, 0.29) is 37.8 Å². The minimum absolute atomic E-state index is 0.000167. The standard InChI is InChI=1S/C32H31BrN5O8P/c33-23-10-12-24(13-11-23)46-47(41,44-20-30-42-19-29(45-30)38-15-14-28(34)36-32(38)40)37-27(31(39)43-18-21-6-2-1-3-7-21)16-22-17-35-26-9-5-4-8-25(22)26/h1-15,17,27,29-30,35H,16,18-20H2,(H,37,41)(H2,34,36,40)/t27-,29+,30+,47?/m1/s1. The van der Waals surface area contributed by atoms with Crippen molar-refractivity contribution < 1.29 is 32.6 Å². The van der Waals surface area contributed by atoms with Gasteiger partial charge in [0.1, 0.15) is 30.8 Å². The average molecular weight is 725 g/mol. The van der Waals surface area contributed by atoms with Crippen LogP contribution in [0.5, 0.6) is 5.75 Å². The number of nitrogen functional groups attached to an aromatic ring is 1. The fourth-order valence-electron chi connectivity index (χ4n) is 4.93. The molecule has 0 bridgehead atoms. The number of carbonyl (C=O) groups excluding carboxylic acids is 1. The number of nitrogens with two attached hydrogens (primary N) is 1. The highest BCUT2D eigenvalue weighted by Gasteiger charge is 2.38. The first-order valence-electron chi connectivity index (χ1n) is 14.6. The summed E-state index contributed by atoms with van der Waals surface area (Å²) in [6.45, 7) is -0.359. The molecule has 4 N–H and O–H groups in total. The van der Waals surface area contributed by atoms with Crippen LogP contribution in [0.15, 0.2) is 107 Å². The van der Waals surface area contributed by atoms with Crippen molar-refractivity contribution in [2.45, 2.75) is 31.6 Å². The number of carbonyl (C=O) groups is 1. The van der Waals surface area contributed by atoms with Gasteiger partial charge < -0.3 is 29.5 Å². The predicted molar refractivity (Wildman–Crippen MR) is 176 cm³/mol. The second-order valence-corrected chi connectivity index (χ2v) is 13.2. The molecule has 3 heterocycles. The smallest absolute Gasteiger partial charge is 0.459 e. The van der Waals surface area contributed by atoms with Gasteiger partial charge in [0.25, 0.3) is 0 Å². The van der Waals surface area contributed by atoms with Crippen molar-refractivity contribution in [1.29, 1.82) is 0 Å². The second-order valence-electron chi connectivity index (χ2n) is 10.6. The minimum Gasteiger partial charge on any atom is -0.460 e. The van der Waals surface area contributed by atoms with E-state index in [4.69, 9.17) is 29.0 Å². The van der Waals surface area contributed by atoms with Crippen LogP contribution in [0.25, 0.3) is 10.9 Å². The Hall–Kier alpha value is -4.30. The summed E-state index contributed by atoms with van der Waals surface area (Å²) in [4.78, 5) is 32.8. The fraction of sp³-hybridized carbons (Fsp3) is 0.219. The average Bonchev–Trinajstić information content (AvgIpc) is 3.71. The third kappa shape index (κ3) is 8.35. The van der Waals surface area contributed by atoms with Gasteiger partial charge in [0.2, 0.25) is 0 Å². The van der Waals surface area contributed by atoms with Gasteiger partial charge in [0.05, 0.1) is 6.61 Å². The Kier molecular flexibility index (Phi) is 10.2. The molecular formula is C32H31BrN5O8P. The zero-order chi connectivity index (χ0) is 32.8. The highest BCUT2D eigenvalue weighted by molar-refractivity contribution is 9.10. The number of esters is 1. The normalized spacial score (nSPS) is 18.1. The molecule has 5 aromatic rings. The van der Waals surface area contributed by atoms with E-state index in [0.717, 1.165) is 26.5 Å². The Labute approximate surface area is 277 Å². The molecule has 2 aromatic heterocycles. The van der Waals surface area contributed by atoms with Crippen molar-refractivity contribution in [3.8, 4) is 5.75 Å². The maximum Gasteiger partial charge on any atom is 0.459 e. The molecule has 6 rings (SSSR count). The third-order valence-electron chi connectivity index (χ3n) is 7.24. The Bertz CT molecular complexity index is 1940. The van der Waals surface area contributed by atoms with E-state index >= 15 is 0 Å². The molecule has 1 saturated heterocycles. The molecule has 0 radical (unpaired) electrons. The molecule has 0 spiro atoms. The SMILES string of the molecule is Nc1ccn([C@@H]2CO[C@H](COP(=O)(N[C@H](Cc3c[nH]c4ccccc34)C(=O)OCc3ccccc3)Oc3ccc(Br)cc3)O2)c(=O)n1. The number of anilines is 1. The lowest BCUT2D eigenvalue weighted by Crippen LogP contribution is -2.39. The Morgan fingerprint density at radius 2 is 1.87 bits per heavy atom. The van der Waals surface area contributed by atoms with Crippen LogP contribution in [0.2, 0.25) is 0 Å². The Balaban J connectivity index is 1.23. The van der Waals surface area contributed by atoms with Gasteiger partial charge in [-0.2, -0.15) is 10.1 Å². The summed E-state index contributed by atoms with van der Waals surface area (Å²) >= 11 is 3.38. The van der Waals surface area contributed by atoms with Gasteiger partial charge in [-0.1, -0.05) is 64.5 Å². The number of fused-ring (bicyclic) bond motifs is 1. The number of nitrogens with zero attached hydrogens (tertiary/aromatic N) is 2. The van der Waals surface area contributed by atoms with Gasteiger partial charge in [-0.25, -0.2) is 9.36 Å². The van der Waals surface area contributed by atoms with Crippen molar-refractivity contribution in [3.05, 3.63) is 123 Å². The molecule has 1 aliphatic heterocycles. The largest absolute Gasteiger partial charge is 0.460 e. The Morgan fingerprint density at radius 1 is 1.11 bits per heavy atom. The van der Waals surface area contributed by atoms with Crippen molar-refractivity contribution in [3.63, 3.8) is 0 Å². The lowest BCUT2D eigenvalue weighted by Gasteiger charge is -2.25. The number of H-pyrrole nitrogens is 1. The number of para-hydroxylation sites is 1. The summed E-state index contributed by atoms with van der Waals surface area (Å²) in [6, 6.07) is 23.8.